The summed E-state index contributed by atoms with van der Waals surface area (Å²) in [6, 6.07) is 0. The summed E-state index contributed by atoms with van der Waals surface area (Å²) in [7, 11) is 0. The van der Waals surface area contributed by atoms with Gasteiger partial charge in [0.15, 0.2) is 0 Å². The van der Waals surface area contributed by atoms with Crippen molar-refractivity contribution in [3.63, 3.8) is 0 Å². The van der Waals surface area contributed by atoms with Gasteiger partial charge in [-0.3, -0.25) is 9.59 Å². The van der Waals surface area contributed by atoms with Gasteiger partial charge in [-0.25, -0.2) is 0 Å². The molecule has 0 unspecified atom stereocenters. The summed E-state index contributed by atoms with van der Waals surface area (Å²) in [6.07, 6.45) is 31.5. The zero-order valence-corrected chi connectivity index (χ0v) is 30.4. The second-order valence-electron chi connectivity index (χ2n) is 13.4. The summed E-state index contributed by atoms with van der Waals surface area (Å²) in [5.41, 5.74) is 0. The van der Waals surface area contributed by atoms with E-state index in [1.54, 1.807) is 0 Å². The van der Waals surface area contributed by atoms with E-state index in [0.717, 1.165) is 70.9 Å². The third kappa shape index (κ3) is 32.6. The van der Waals surface area contributed by atoms with Crippen molar-refractivity contribution in [2.24, 2.45) is 0 Å². The summed E-state index contributed by atoms with van der Waals surface area (Å²) in [5.74, 6) is -0.106. The van der Waals surface area contributed by atoms with Crippen LogP contribution in [0.15, 0.2) is 0 Å². The molecule has 0 rings (SSSR count). The Morgan fingerprint density at radius 1 is 0.511 bits per heavy atom. The first-order valence-electron chi connectivity index (χ1n) is 19.8. The van der Waals surface area contributed by atoms with E-state index in [1.165, 1.54) is 109 Å². The Hall–Kier alpha value is -1.14. The van der Waals surface area contributed by atoms with Gasteiger partial charge in [-0.05, 0) is 70.9 Å². The van der Waals surface area contributed by atoms with Crippen LogP contribution >= 0.6 is 0 Å². The van der Waals surface area contributed by atoms with Crippen molar-refractivity contribution in [2.45, 2.75) is 207 Å². The molecule has 1 N–H and O–H groups in total. The molecular formula is C39H77NO5. The largest absolute Gasteiger partial charge is 0.466 e. The fourth-order valence-corrected chi connectivity index (χ4v) is 5.99. The molecule has 0 aromatic heterocycles. The number of aliphatic hydroxyl groups is 1. The second-order valence-corrected chi connectivity index (χ2v) is 13.4. The monoisotopic (exact) mass is 640 g/mol. The molecule has 0 aliphatic rings. The van der Waals surface area contributed by atoms with Gasteiger partial charge in [-0.1, -0.05) is 130 Å². The first-order chi connectivity index (χ1) is 22.1. The molecule has 0 saturated carbocycles. The SMILES string of the molecule is CCCCCCCCCOC(=O)CCCCN(CCO)CCCCCC(=O)OC(CCCCCCCC)CCCCCCCC. The number of esters is 2. The molecule has 0 aliphatic carbocycles. The number of carbonyl (C=O) groups is 2. The second kappa shape index (κ2) is 35.7. The van der Waals surface area contributed by atoms with Crippen LogP contribution in [-0.4, -0.2) is 60.9 Å². The molecule has 6 heteroatoms. The minimum Gasteiger partial charge on any atom is -0.466 e. The predicted molar refractivity (Wildman–Crippen MR) is 191 cm³/mol. The maximum Gasteiger partial charge on any atom is 0.306 e. The van der Waals surface area contributed by atoms with E-state index in [-0.39, 0.29) is 24.6 Å². The number of rotatable bonds is 36. The number of carbonyl (C=O) groups excluding carboxylic acids is 2. The van der Waals surface area contributed by atoms with Crippen molar-refractivity contribution in [2.75, 3.05) is 32.8 Å². The molecule has 0 saturated heterocycles. The molecule has 0 fully saturated rings. The molecule has 0 atom stereocenters. The van der Waals surface area contributed by atoms with Crippen molar-refractivity contribution >= 4 is 11.9 Å². The standard InChI is InChI=1S/C39H77NO5/c1-4-7-10-13-16-19-27-36-44-38(42)30-24-26-33-40(34-35-41)32-25-20-23-31-39(43)45-37(28-21-17-14-11-8-5-2)29-22-18-15-12-9-6-3/h37,41H,4-36H2,1-3H3. The third-order valence-electron chi connectivity index (χ3n) is 8.95. The minimum atomic E-state index is -0.0808. The molecule has 0 radical (unpaired) electrons. The smallest absolute Gasteiger partial charge is 0.306 e. The van der Waals surface area contributed by atoms with Crippen LogP contribution in [0.2, 0.25) is 0 Å². The quantitative estimate of drug-likeness (QED) is 0.0543. The van der Waals surface area contributed by atoms with Gasteiger partial charge in [0.05, 0.1) is 13.2 Å². The van der Waals surface area contributed by atoms with Gasteiger partial charge in [-0.2, -0.15) is 0 Å². The lowest BCUT2D eigenvalue weighted by atomic mass is 10.0. The molecule has 0 aromatic carbocycles. The van der Waals surface area contributed by atoms with Crippen LogP contribution in [0.1, 0.15) is 201 Å². The van der Waals surface area contributed by atoms with Crippen molar-refractivity contribution in [3.8, 4) is 0 Å². The molecule has 6 nitrogen and oxygen atoms in total. The first-order valence-corrected chi connectivity index (χ1v) is 19.8. The minimum absolute atomic E-state index is 0.0250. The summed E-state index contributed by atoms with van der Waals surface area (Å²) >= 11 is 0. The summed E-state index contributed by atoms with van der Waals surface area (Å²) in [6.45, 7) is 9.88. The maximum absolute atomic E-state index is 12.7. The van der Waals surface area contributed by atoms with E-state index in [0.29, 0.717) is 26.0 Å². The van der Waals surface area contributed by atoms with Crippen LogP contribution in [0.5, 0.6) is 0 Å². The first kappa shape index (κ1) is 43.9. The van der Waals surface area contributed by atoms with Crippen molar-refractivity contribution in [3.05, 3.63) is 0 Å². The van der Waals surface area contributed by atoms with Gasteiger partial charge < -0.3 is 19.5 Å². The normalized spacial score (nSPS) is 11.5. The molecule has 0 amide bonds. The zero-order chi connectivity index (χ0) is 33.1. The van der Waals surface area contributed by atoms with E-state index in [1.807, 2.05) is 0 Å². The highest BCUT2D eigenvalue weighted by molar-refractivity contribution is 5.69. The summed E-state index contributed by atoms with van der Waals surface area (Å²) in [5, 5.41) is 9.50. The molecule has 0 spiro atoms. The molecular weight excluding hydrogens is 562 g/mol. The molecule has 45 heavy (non-hydrogen) atoms. The Morgan fingerprint density at radius 3 is 1.47 bits per heavy atom. The Labute approximate surface area is 280 Å². The average molecular weight is 640 g/mol. The lowest BCUT2D eigenvalue weighted by Crippen LogP contribution is -2.29. The molecule has 0 aromatic rings. The fourth-order valence-electron chi connectivity index (χ4n) is 5.99. The number of hydrogen-bond acceptors (Lipinski definition) is 6. The van der Waals surface area contributed by atoms with Gasteiger partial charge >= 0.3 is 11.9 Å². The van der Waals surface area contributed by atoms with E-state index in [4.69, 9.17) is 9.47 Å². The maximum atomic E-state index is 12.7. The predicted octanol–water partition coefficient (Wildman–Crippen LogP) is 10.7. The topological polar surface area (TPSA) is 76.1 Å². The number of nitrogens with zero attached hydrogens (tertiary/aromatic N) is 1. The average Bonchev–Trinajstić information content (AvgIpc) is 3.03. The Balaban J connectivity index is 4.10. The Kier molecular flexibility index (Phi) is 34.8. The van der Waals surface area contributed by atoms with Crippen LogP contribution in [-0.2, 0) is 19.1 Å². The van der Waals surface area contributed by atoms with Gasteiger partial charge in [-0.15, -0.1) is 0 Å². The zero-order valence-electron chi connectivity index (χ0n) is 30.4. The Morgan fingerprint density at radius 2 is 0.933 bits per heavy atom. The summed E-state index contributed by atoms with van der Waals surface area (Å²) in [4.78, 5) is 27.0. The molecule has 0 aliphatic heterocycles. The van der Waals surface area contributed by atoms with Crippen LogP contribution in [0.4, 0.5) is 0 Å². The molecule has 0 bridgehead atoms. The van der Waals surface area contributed by atoms with Crippen LogP contribution in [0.25, 0.3) is 0 Å². The fraction of sp³-hybridized carbons (Fsp3) is 0.949. The van der Waals surface area contributed by atoms with Gasteiger partial charge in [0.1, 0.15) is 6.10 Å². The highest BCUT2D eigenvalue weighted by Crippen LogP contribution is 2.18. The number of ether oxygens (including phenoxy) is 2. The van der Waals surface area contributed by atoms with E-state index in [9.17, 15) is 14.7 Å². The van der Waals surface area contributed by atoms with Gasteiger partial charge in [0.25, 0.3) is 0 Å². The molecule has 0 heterocycles. The number of hydrogen-bond donors (Lipinski definition) is 1. The highest BCUT2D eigenvalue weighted by atomic mass is 16.5. The number of aliphatic hydroxyl groups excluding tert-OH is 1. The third-order valence-corrected chi connectivity index (χ3v) is 8.95. The number of unbranched alkanes of at least 4 members (excludes halogenated alkanes) is 19. The highest BCUT2D eigenvalue weighted by Gasteiger charge is 2.14. The van der Waals surface area contributed by atoms with Crippen molar-refractivity contribution in [1.29, 1.82) is 0 Å². The molecule has 268 valence electrons. The van der Waals surface area contributed by atoms with Crippen LogP contribution < -0.4 is 0 Å². The van der Waals surface area contributed by atoms with Crippen molar-refractivity contribution < 1.29 is 24.2 Å². The summed E-state index contributed by atoms with van der Waals surface area (Å²) < 4.78 is 11.4. The lowest BCUT2D eigenvalue weighted by Gasteiger charge is -2.21. The van der Waals surface area contributed by atoms with Crippen molar-refractivity contribution in [1.82, 2.24) is 4.90 Å². The van der Waals surface area contributed by atoms with Crippen LogP contribution in [0.3, 0.4) is 0 Å². The van der Waals surface area contributed by atoms with E-state index >= 15 is 0 Å². The Bertz CT molecular complexity index is 613. The van der Waals surface area contributed by atoms with E-state index in [2.05, 4.69) is 25.7 Å². The lowest BCUT2D eigenvalue weighted by molar-refractivity contribution is -0.150. The van der Waals surface area contributed by atoms with Gasteiger partial charge in [0, 0.05) is 19.4 Å². The van der Waals surface area contributed by atoms with E-state index < -0.39 is 0 Å². The van der Waals surface area contributed by atoms with Crippen LogP contribution in [0, 0.1) is 0 Å². The van der Waals surface area contributed by atoms with Gasteiger partial charge in [0.2, 0.25) is 0 Å².